The number of aromatic nitrogens is 2. The van der Waals surface area contributed by atoms with Gasteiger partial charge in [-0.1, -0.05) is 0 Å². The molecule has 3 aromatic rings. The van der Waals surface area contributed by atoms with Crippen LogP contribution in [-0.2, 0) is 36.0 Å². The highest BCUT2D eigenvalue weighted by Crippen LogP contribution is 2.39. The van der Waals surface area contributed by atoms with Crippen molar-refractivity contribution in [2.45, 2.75) is 25.8 Å². The van der Waals surface area contributed by atoms with E-state index in [1.54, 1.807) is 24.4 Å². The number of furan rings is 1. The average molecular weight is 466 g/mol. The monoisotopic (exact) mass is 465 g/mol. The van der Waals surface area contributed by atoms with E-state index >= 15 is 0 Å². The van der Waals surface area contributed by atoms with Crippen LogP contribution in [0.2, 0.25) is 0 Å². The highest BCUT2D eigenvalue weighted by atomic mass is 32.1. The van der Waals surface area contributed by atoms with Crippen molar-refractivity contribution in [3.8, 4) is 6.07 Å². The molecule has 0 saturated carbocycles. The number of nitriles is 1. The Balaban J connectivity index is 1.31. The zero-order chi connectivity index (χ0) is 23.2. The lowest BCUT2D eigenvalue weighted by Gasteiger charge is -2.21. The number of ether oxygens (including phenoxy) is 1. The summed E-state index contributed by atoms with van der Waals surface area (Å²) in [5.74, 6) is 1.14. The molecule has 0 bridgehead atoms. The summed E-state index contributed by atoms with van der Waals surface area (Å²) in [4.78, 5) is 29.5. The first-order chi connectivity index (χ1) is 16.0. The topological polar surface area (TPSA) is 122 Å². The predicted octanol–water partition coefficient (Wildman–Crippen LogP) is 3.63. The van der Waals surface area contributed by atoms with Gasteiger partial charge in [-0.15, -0.1) is 11.3 Å². The summed E-state index contributed by atoms with van der Waals surface area (Å²) < 4.78 is 12.4. The van der Waals surface area contributed by atoms with Crippen molar-refractivity contribution in [1.82, 2.24) is 14.9 Å². The second-order valence-corrected chi connectivity index (χ2v) is 8.78. The molecule has 0 aliphatic heterocycles. The number of aryl methyl sites for hydroxylation is 1. The molecule has 10 heteroatoms. The van der Waals surface area contributed by atoms with Crippen molar-refractivity contribution in [2.24, 2.45) is 13.0 Å². The number of alkyl carbamates (subject to hydrolysis) is 1. The lowest BCUT2D eigenvalue weighted by Crippen LogP contribution is -2.28. The number of fused-ring (bicyclic) bond motifs is 1. The molecule has 1 aliphatic carbocycles. The maximum Gasteiger partial charge on any atom is 0.407 e. The van der Waals surface area contributed by atoms with Crippen molar-refractivity contribution < 1.29 is 18.7 Å². The predicted molar refractivity (Wildman–Crippen MR) is 122 cm³/mol. The van der Waals surface area contributed by atoms with Gasteiger partial charge in [-0.2, -0.15) is 5.26 Å². The molecule has 0 fully saturated rings. The number of imidazole rings is 1. The number of hydrogen-bond acceptors (Lipinski definition) is 7. The average Bonchev–Trinajstić information content (AvgIpc) is 3.54. The molecule has 4 rings (SSSR count). The van der Waals surface area contributed by atoms with E-state index in [1.165, 1.54) is 23.7 Å². The fourth-order valence-electron chi connectivity index (χ4n) is 3.66. The van der Waals surface area contributed by atoms with Crippen LogP contribution in [0.4, 0.5) is 9.80 Å². The van der Waals surface area contributed by atoms with Gasteiger partial charge in [0.15, 0.2) is 0 Å². The van der Waals surface area contributed by atoms with Gasteiger partial charge in [0.25, 0.3) is 0 Å². The SMILES string of the molecule is Cn1ccnc1CNC(=O)OCC1CCc2c(sc(NC(=O)C=Cc3ccco3)c2C#N)C1. The van der Waals surface area contributed by atoms with Crippen LogP contribution in [0.25, 0.3) is 6.08 Å². The number of nitrogens with one attached hydrogen (secondary N) is 2. The van der Waals surface area contributed by atoms with Crippen molar-refractivity contribution >= 4 is 34.4 Å². The number of thiophene rings is 1. The minimum atomic E-state index is -0.482. The fourth-order valence-corrected chi connectivity index (χ4v) is 4.98. The molecule has 3 aromatic heterocycles. The maximum absolute atomic E-state index is 12.3. The zero-order valence-corrected chi connectivity index (χ0v) is 18.9. The molecular formula is C23H23N5O4S. The second kappa shape index (κ2) is 10.2. The van der Waals surface area contributed by atoms with E-state index in [1.807, 2.05) is 17.8 Å². The van der Waals surface area contributed by atoms with E-state index in [4.69, 9.17) is 9.15 Å². The van der Waals surface area contributed by atoms with E-state index in [0.29, 0.717) is 42.3 Å². The lowest BCUT2D eigenvalue weighted by molar-refractivity contribution is -0.111. The van der Waals surface area contributed by atoms with Crippen LogP contribution >= 0.6 is 11.3 Å². The Bertz CT molecular complexity index is 1200. The Morgan fingerprint density at radius 1 is 1.48 bits per heavy atom. The van der Waals surface area contributed by atoms with Gasteiger partial charge in [-0.05, 0) is 49.0 Å². The third-order valence-corrected chi connectivity index (χ3v) is 6.59. The minimum absolute atomic E-state index is 0.156. The number of carbonyl (C=O) groups is 2. The quantitative estimate of drug-likeness (QED) is 0.514. The van der Waals surface area contributed by atoms with Crippen LogP contribution in [-0.4, -0.2) is 28.2 Å². The van der Waals surface area contributed by atoms with E-state index in [2.05, 4.69) is 21.7 Å². The summed E-state index contributed by atoms with van der Waals surface area (Å²) in [5.41, 5.74) is 1.49. The smallest absolute Gasteiger partial charge is 0.407 e. The van der Waals surface area contributed by atoms with Crippen molar-refractivity contribution in [3.05, 3.63) is 64.5 Å². The summed E-state index contributed by atoms with van der Waals surface area (Å²) >= 11 is 1.41. The minimum Gasteiger partial charge on any atom is -0.465 e. The van der Waals surface area contributed by atoms with Crippen molar-refractivity contribution in [1.29, 1.82) is 5.26 Å². The summed E-state index contributed by atoms with van der Waals surface area (Å²) in [7, 11) is 1.86. The molecule has 3 heterocycles. The third kappa shape index (κ3) is 5.51. The number of rotatable bonds is 7. The molecule has 2 amide bonds. The summed E-state index contributed by atoms with van der Waals surface area (Å²) in [6, 6.07) is 5.71. The molecule has 9 nitrogen and oxygen atoms in total. The first kappa shape index (κ1) is 22.4. The van der Waals surface area contributed by atoms with Crippen LogP contribution in [0.15, 0.2) is 41.3 Å². The van der Waals surface area contributed by atoms with Gasteiger partial charge < -0.3 is 24.4 Å². The largest absolute Gasteiger partial charge is 0.465 e. The standard InChI is InChI=1S/C23H23N5O4S/c1-28-9-8-25-20(28)13-26-23(30)32-14-15-4-6-17-18(12-24)22(33-19(17)11-15)27-21(29)7-5-16-3-2-10-31-16/h2-3,5,7-10,15H,4,6,11,13-14H2,1H3,(H,26,30)(H,27,29). The Morgan fingerprint density at radius 2 is 2.36 bits per heavy atom. The molecule has 0 spiro atoms. The number of amides is 2. The van der Waals surface area contributed by atoms with Gasteiger partial charge in [-0.25, -0.2) is 9.78 Å². The summed E-state index contributed by atoms with van der Waals surface area (Å²) in [6.45, 7) is 0.588. The molecule has 2 N–H and O–H groups in total. The number of anilines is 1. The molecule has 170 valence electrons. The number of nitrogens with zero attached hydrogens (tertiary/aromatic N) is 3. The summed E-state index contributed by atoms with van der Waals surface area (Å²) in [6.07, 6.45) is 9.67. The van der Waals surface area contributed by atoms with E-state index in [9.17, 15) is 14.9 Å². The first-order valence-electron chi connectivity index (χ1n) is 10.5. The van der Waals surface area contributed by atoms with Gasteiger partial charge in [0.05, 0.1) is 25.0 Å². The number of hydrogen-bond donors (Lipinski definition) is 2. The van der Waals surface area contributed by atoms with Gasteiger partial charge in [0.2, 0.25) is 5.91 Å². The lowest BCUT2D eigenvalue weighted by atomic mass is 9.88. The maximum atomic E-state index is 12.3. The van der Waals surface area contributed by atoms with Crippen LogP contribution in [0.3, 0.4) is 0 Å². The molecule has 0 aromatic carbocycles. The third-order valence-electron chi connectivity index (χ3n) is 5.42. The first-order valence-corrected chi connectivity index (χ1v) is 11.3. The Kier molecular flexibility index (Phi) is 6.90. The van der Waals surface area contributed by atoms with Crippen LogP contribution < -0.4 is 10.6 Å². The Morgan fingerprint density at radius 3 is 3.09 bits per heavy atom. The van der Waals surface area contributed by atoms with Crippen molar-refractivity contribution in [2.75, 3.05) is 11.9 Å². The van der Waals surface area contributed by atoms with Crippen LogP contribution in [0, 0.1) is 17.2 Å². The van der Waals surface area contributed by atoms with Crippen LogP contribution in [0.5, 0.6) is 0 Å². The van der Waals surface area contributed by atoms with E-state index < -0.39 is 6.09 Å². The van der Waals surface area contributed by atoms with E-state index in [-0.39, 0.29) is 11.8 Å². The normalized spacial score (nSPS) is 15.1. The fraction of sp³-hybridized carbons (Fsp3) is 0.304. The molecule has 1 aliphatic rings. The highest BCUT2D eigenvalue weighted by molar-refractivity contribution is 7.16. The Labute approximate surface area is 194 Å². The number of carbonyl (C=O) groups excluding carboxylic acids is 2. The van der Waals surface area contributed by atoms with Crippen molar-refractivity contribution in [3.63, 3.8) is 0 Å². The molecule has 1 unspecified atom stereocenters. The molecule has 33 heavy (non-hydrogen) atoms. The summed E-state index contributed by atoms with van der Waals surface area (Å²) in [5, 5.41) is 15.7. The second-order valence-electron chi connectivity index (χ2n) is 7.67. The van der Waals surface area contributed by atoms with E-state index in [0.717, 1.165) is 22.7 Å². The van der Waals surface area contributed by atoms with Gasteiger partial charge >= 0.3 is 6.09 Å². The van der Waals surface area contributed by atoms with Gasteiger partial charge in [0, 0.05) is 30.4 Å². The molecule has 0 saturated heterocycles. The van der Waals surface area contributed by atoms with Gasteiger partial charge in [-0.3, -0.25) is 4.79 Å². The van der Waals surface area contributed by atoms with Gasteiger partial charge in [0.1, 0.15) is 22.7 Å². The molecule has 1 atom stereocenters. The van der Waals surface area contributed by atoms with Crippen LogP contribution in [0.1, 0.15) is 34.0 Å². The highest BCUT2D eigenvalue weighted by Gasteiger charge is 2.27. The Hall–Kier alpha value is -3.84. The molecular weight excluding hydrogens is 442 g/mol. The molecule has 0 radical (unpaired) electrons. The zero-order valence-electron chi connectivity index (χ0n) is 18.0.